The average Bonchev–Trinajstić information content (AvgIpc) is 2.20. The van der Waals surface area contributed by atoms with Crippen LogP contribution in [0.2, 0.25) is 10.0 Å². The van der Waals surface area contributed by atoms with Gasteiger partial charge in [0.25, 0.3) is 5.69 Å². The number of alkyl halides is 1. The number of ketones is 1. The SMILES string of the molecule is O=C(CBr)c1cc(Cl)c(Cl)c([N+](=O)[O-])c1. The second-order valence-electron chi connectivity index (χ2n) is 2.61. The van der Waals surface area contributed by atoms with E-state index in [9.17, 15) is 14.9 Å². The Bertz CT molecular complexity index is 436. The lowest BCUT2D eigenvalue weighted by atomic mass is 10.1. The molecule has 1 rings (SSSR count). The van der Waals surface area contributed by atoms with Crippen molar-refractivity contribution in [2.75, 3.05) is 5.33 Å². The molecule has 0 aromatic heterocycles. The second kappa shape index (κ2) is 4.92. The summed E-state index contributed by atoms with van der Waals surface area (Å²) in [6, 6.07) is 2.41. The van der Waals surface area contributed by atoms with Crippen molar-refractivity contribution in [2.45, 2.75) is 0 Å². The summed E-state index contributed by atoms with van der Waals surface area (Å²) in [6.07, 6.45) is 0. The summed E-state index contributed by atoms with van der Waals surface area (Å²) in [5.41, 5.74) is -0.207. The minimum atomic E-state index is -0.681. The molecule has 0 heterocycles. The summed E-state index contributed by atoms with van der Waals surface area (Å²) >= 11 is 14.2. The highest BCUT2D eigenvalue weighted by Crippen LogP contribution is 2.33. The normalized spacial score (nSPS) is 10.1. The Hall–Kier alpha value is -0.650. The van der Waals surface area contributed by atoms with Gasteiger partial charge in [-0.25, -0.2) is 0 Å². The number of halogens is 3. The van der Waals surface area contributed by atoms with Gasteiger partial charge in [-0.3, -0.25) is 14.9 Å². The molecule has 0 saturated carbocycles. The highest BCUT2D eigenvalue weighted by atomic mass is 79.9. The Labute approximate surface area is 103 Å². The smallest absolute Gasteiger partial charge is 0.290 e. The minimum Gasteiger partial charge on any atom is -0.293 e. The Morgan fingerprint density at radius 1 is 1.47 bits per heavy atom. The van der Waals surface area contributed by atoms with Crippen LogP contribution in [0.25, 0.3) is 0 Å². The first-order valence-corrected chi connectivity index (χ1v) is 5.57. The van der Waals surface area contributed by atoms with Crippen LogP contribution >= 0.6 is 39.1 Å². The summed E-state index contributed by atoms with van der Waals surface area (Å²) in [7, 11) is 0. The Balaban J connectivity index is 3.35. The first kappa shape index (κ1) is 12.4. The number of Topliss-reactive ketones (excluding diaryl/α,β-unsaturated/α-hetero) is 1. The third-order valence-corrected chi connectivity index (χ3v) is 2.95. The number of nitro groups is 1. The summed E-state index contributed by atoms with van der Waals surface area (Å²) in [4.78, 5) is 21.2. The van der Waals surface area contributed by atoms with Crippen LogP contribution in [0, 0.1) is 10.1 Å². The molecule has 0 saturated heterocycles. The zero-order valence-electron chi connectivity index (χ0n) is 7.17. The lowest BCUT2D eigenvalue weighted by molar-refractivity contribution is -0.384. The lowest BCUT2D eigenvalue weighted by Crippen LogP contribution is -2.01. The largest absolute Gasteiger partial charge is 0.293 e. The molecule has 0 aliphatic rings. The summed E-state index contributed by atoms with van der Waals surface area (Å²) in [5.74, 6) is -0.295. The van der Waals surface area contributed by atoms with Crippen molar-refractivity contribution in [3.8, 4) is 0 Å². The molecular weight excluding hydrogens is 309 g/mol. The number of hydrogen-bond acceptors (Lipinski definition) is 3. The van der Waals surface area contributed by atoms with Crippen LogP contribution in [-0.2, 0) is 0 Å². The number of carbonyl (C=O) groups excluding carboxylic acids is 1. The Kier molecular flexibility index (Phi) is 4.07. The maximum Gasteiger partial charge on any atom is 0.290 e. The van der Waals surface area contributed by atoms with Gasteiger partial charge in [-0.15, -0.1) is 0 Å². The van der Waals surface area contributed by atoms with E-state index in [0.29, 0.717) is 0 Å². The predicted octanol–water partition coefficient (Wildman–Crippen LogP) is 3.48. The number of hydrogen-bond donors (Lipinski definition) is 0. The number of benzene rings is 1. The van der Waals surface area contributed by atoms with E-state index in [4.69, 9.17) is 23.2 Å². The molecule has 0 aliphatic carbocycles. The van der Waals surface area contributed by atoms with E-state index in [-0.39, 0.29) is 32.4 Å². The van der Waals surface area contributed by atoms with Gasteiger partial charge in [-0.2, -0.15) is 0 Å². The van der Waals surface area contributed by atoms with Crippen molar-refractivity contribution in [1.29, 1.82) is 0 Å². The van der Waals surface area contributed by atoms with Gasteiger partial charge in [0, 0.05) is 11.6 Å². The predicted molar refractivity (Wildman–Crippen MR) is 61.2 cm³/mol. The number of carbonyl (C=O) groups is 1. The van der Waals surface area contributed by atoms with Crippen molar-refractivity contribution >= 4 is 50.6 Å². The van der Waals surface area contributed by atoms with Crippen molar-refractivity contribution in [2.24, 2.45) is 0 Å². The van der Waals surface area contributed by atoms with Gasteiger partial charge in [0.05, 0.1) is 15.3 Å². The molecule has 0 N–H and O–H groups in total. The summed E-state index contributed by atoms with van der Waals surface area (Å²) in [6.45, 7) is 0. The van der Waals surface area contributed by atoms with Crippen LogP contribution in [0.3, 0.4) is 0 Å². The van der Waals surface area contributed by atoms with E-state index < -0.39 is 4.92 Å². The highest BCUT2D eigenvalue weighted by molar-refractivity contribution is 9.09. The summed E-state index contributed by atoms with van der Waals surface area (Å²) < 4.78 is 0. The number of nitrogens with zero attached hydrogens (tertiary/aromatic N) is 1. The zero-order chi connectivity index (χ0) is 11.6. The van der Waals surface area contributed by atoms with Gasteiger partial charge in [0.15, 0.2) is 5.78 Å². The standard InChI is InChI=1S/C8H4BrCl2NO3/c9-3-7(13)4-1-5(10)8(11)6(2-4)12(14)15/h1-2H,3H2. The number of rotatable bonds is 3. The average molecular weight is 313 g/mol. The van der Waals surface area contributed by atoms with E-state index in [1.54, 1.807) is 0 Å². The van der Waals surface area contributed by atoms with Gasteiger partial charge in [-0.05, 0) is 6.07 Å². The molecule has 0 unspecified atom stereocenters. The first-order chi connectivity index (χ1) is 6.97. The molecule has 0 bridgehead atoms. The molecule has 0 spiro atoms. The van der Waals surface area contributed by atoms with Crippen molar-refractivity contribution in [1.82, 2.24) is 0 Å². The quantitative estimate of drug-likeness (QED) is 0.371. The van der Waals surface area contributed by atoms with Crippen molar-refractivity contribution in [3.63, 3.8) is 0 Å². The molecular formula is C8H4BrCl2NO3. The maximum absolute atomic E-state index is 11.3. The van der Waals surface area contributed by atoms with Gasteiger partial charge >= 0.3 is 0 Å². The summed E-state index contributed by atoms with van der Waals surface area (Å²) in [5, 5.41) is 10.5. The third-order valence-electron chi connectivity index (χ3n) is 1.65. The molecule has 0 radical (unpaired) electrons. The van der Waals surface area contributed by atoms with Gasteiger partial charge in [-0.1, -0.05) is 39.1 Å². The molecule has 15 heavy (non-hydrogen) atoms. The molecule has 4 nitrogen and oxygen atoms in total. The zero-order valence-corrected chi connectivity index (χ0v) is 10.3. The van der Waals surface area contributed by atoms with E-state index >= 15 is 0 Å². The van der Waals surface area contributed by atoms with Crippen LogP contribution in [-0.4, -0.2) is 16.0 Å². The van der Waals surface area contributed by atoms with Crippen LogP contribution < -0.4 is 0 Å². The van der Waals surface area contributed by atoms with Crippen molar-refractivity contribution < 1.29 is 9.72 Å². The molecule has 1 aromatic carbocycles. The fourth-order valence-corrected chi connectivity index (χ4v) is 1.66. The van der Waals surface area contributed by atoms with Gasteiger partial charge in [0.2, 0.25) is 0 Å². The topological polar surface area (TPSA) is 60.2 Å². The van der Waals surface area contributed by atoms with Gasteiger partial charge < -0.3 is 0 Å². The molecule has 7 heteroatoms. The molecule has 1 aromatic rings. The Morgan fingerprint density at radius 3 is 2.53 bits per heavy atom. The van der Waals surface area contributed by atoms with Crippen LogP contribution in [0.5, 0.6) is 0 Å². The lowest BCUT2D eigenvalue weighted by Gasteiger charge is -2.01. The molecule has 80 valence electrons. The van der Waals surface area contributed by atoms with Crippen molar-refractivity contribution in [3.05, 3.63) is 37.9 Å². The molecule has 0 atom stereocenters. The third kappa shape index (κ3) is 2.68. The maximum atomic E-state index is 11.3. The van der Waals surface area contributed by atoms with Gasteiger partial charge in [0.1, 0.15) is 5.02 Å². The van der Waals surface area contributed by atoms with E-state index in [0.717, 1.165) is 6.07 Å². The Morgan fingerprint density at radius 2 is 2.07 bits per heavy atom. The van der Waals surface area contributed by atoms with E-state index in [1.165, 1.54) is 6.07 Å². The first-order valence-electron chi connectivity index (χ1n) is 3.70. The second-order valence-corrected chi connectivity index (χ2v) is 3.95. The monoisotopic (exact) mass is 311 g/mol. The molecule has 0 amide bonds. The van der Waals surface area contributed by atoms with Crippen LogP contribution in [0.15, 0.2) is 12.1 Å². The number of nitro benzene ring substituents is 1. The van der Waals surface area contributed by atoms with E-state index in [2.05, 4.69) is 15.9 Å². The highest BCUT2D eigenvalue weighted by Gasteiger charge is 2.19. The fourth-order valence-electron chi connectivity index (χ4n) is 0.946. The van der Waals surface area contributed by atoms with Crippen LogP contribution in [0.1, 0.15) is 10.4 Å². The van der Waals surface area contributed by atoms with E-state index in [1.807, 2.05) is 0 Å². The molecule has 0 fully saturated rings. The van der Waals surface area contributed by atoms with Crippen LogP contribution in [0.4, 0.5) is 5.69 Å². The minimum absolute atomic E-state index is 0.00448. The molecule has 0 aliphatic heterocycles. The fraction of sp³-hybridized carbons (Fsp3) is 0.125.